The summed E-state index contributed by atoms with van der Waals surface area (Å²) < 4.78 is 47.9. The van der Waals surface area contributed by atoms with Crippen molar-refractivity contribution in [3.63, 3.8) is 0 Å². The third-order valence-corrected chi connectivity index (χ3v) is 3.85. The Labute approximate surface area is 155 Å². The second-order valence-electron chi connectivity index (χ2n) is 5.72. The van der Waals surface area contributed by atoms with Crippen molar-refractivity contribution in [1.29, 1.82) is 0 Å². The van der Waals surface area contributed by atoms with Crippen molar-refractivity contribution in [3.8, 4) is 11.5 Å². The lowest BCUT2D eigenvalue weighted by Crippen LogP contribution is -2.31. The van der Waals surface area contributed by atoms with Gasteiger partial charge < -0.3 is 20.1 Å². The number of halogens is 3. The zero-order valence-corrected chi connectivity index (χ0v) is 15.0. The van der Waals surface area contributed by atoms with E-state index in [9.17, 15) is 18.0 Å². The topological polar surface area (TPSA) is 59.6 Å². The predicted molar refractivity (Wildman–Crippen MR) is 96.2 cm³/mol. The molecule has 8 heteroatoms. The standard InChI is InChI=1S/C19H21F3N2O3/c1-26-16-8-3-13(11-17(16)27-2)9-10-23-18(25)12-24-15-6-4-14(5-7-15)19(20,21)22/h3-8,11,24H,9-10,12H2,1-2H3,(H,23,25). The Morgan fingerprint density at radius 2 is 1.67 bits per heavy atom. The summed E-state index contributed by atoms with van der Waals surface area (Å²) >= 11 is 0. The number of amides is 1. The molecule has 0 aliphatic carbocycles. The summed E-state index contributed by atoms with van der Waals surface area (Å²) in [5.41, 5.74) is 0.689. The van der Waals surface area contributed by atoms with Crippen molar-refractivity contribution in [3.05, 3.63) is 53.6 Å². The molecule has 0 unspecified atom stereocenters. The third kappa shape index (κ3) is 6.09. The molecule has 0 saturated carbocycles. The summed E-state index contributed by atoms with van der Waals surface area (Å²) in [6, 6.07) is 10.0. The average molecular weight is 382 g/mol. The van der Waals surface area contributed by atoms with Gasteiger partial charge in [0.05, 0.1) is 26.3 Å². The first-order valence-electron chi connectivity index (χ1n) is 8.22. The second kappa shape index (κ2) is 9.16. The van der Waals surface area contributed by atoms with Gasteiger partial charge in [0.25, 0.3) is 0 Å². The Morgan fingerprint density at radius 1 is 1.00 bits per heavy atom. The van der Waals surface area contributed by atoms with E-state index in [1.807, 2.05) is 12.1 Å². The lowest BCUT2D eigenvalue weighted by molar-refractivity contribution is -0.137. The molecule has 0 aliphatic rings. The number of rotatable bonds is 8. The molecule has 2 N–H and O–H groups in total. The fraction of sp³-hybridized carbons (Fsp3) is 0.316. The van der Waals surface area contributed by atoms with Crippen LogP contribution in [0.3, 0.4) is 0 Å². The van der Waals surface area contributed by atoms with Gasteiger partial charge in [-0.05, 0) is 48.4 Å². The monoisotopic (exact) mass is 382 g/mol. The molecule has 0 atom stereocenters. The Hall–Kier alpha value is -2.90. The fourth-order valence-corrected chi connectivity index (χ4v) is 2.40. The van der Waals surface area contributed by atoms with Gasteiger partial charge in [0.15, 0.2) is 11.5 Å². The van der Waals surface area contributed by atoms with E-state index in [0.29, 0.717) is 30.2 Å². The average Bonchev–Trinajstić information content (AvgIpc) is 2.65. The molecule has 0 aromatic heterocycles. The summed E-state index contributed by atoms with van der Waals surface area (Å²) in [4.78, 5) is 11.9. The van der Waals surface area contributed by atoms with Crippen LogP contribution in [0.4, 0.5) is 18.9 Å². The largest absolute Gasteiger partial charge is 0.493 e. The van der Waals surface area contributed by atoms with Crippen LogP contribution in [-0.2, 0) is 17.4 Å². The molecular weight excluding hydrogens is 361 g/mol. The highest BCUT2D eigenvalue weighted by molar-refractivity contribution is 5.80. The predicted octanol–water partition coefficient (Wildman–Crippen LogP) is 3.49. The van der Waals surface area contributed by atoms with E-state index in [2.05, 4.69) is 10.6 Å². The minimum Gasteiger partial charge on any atom is -0.493 e. The van der Waals surface area contributed by atoms with E-state index in [-0.39, 0.29) is 12.5 Å². The molecule has 146 valence electrons. The quantitative estimate of drug-likeness (QED) is 0.734. The van der Waals surface area contributed by atoms with Gasteiger partial charge in [-0.2, -0.15) is 13.2 Å². The summed E-state index contributed by atoms with van der Waals surface area (Å²) in [7, 11) is 3.11. The first-order chi connectivity index (χ1) is 12.8. The summed E-state index contributed by atoms with van der Waals surface area (Å²) in [5.74, 6) is 0.992. The molecule has 0 aliphatic heterocycles. The summed E-state index contributed by atoms with van der Waals surface area (Å²) in [6.45, 7) is 0.389. The SMILES string of the molecule is COc1ccc(CCNC(=O)CNc2ccc(C(F)(F)F)cc2)cc1OC. The number of anilines is 1. The Balaban J connectivity index is 1.76. The van der Waals surface area contributed by atoms with E-state index in [1.165, 1.54) is 12.1 Å². The second-order valence-corrected chi connectivity index (χ2v) is 5.72. The first-order valence-corrected chi connectivity index (χ1v) is 8.22. The lowest BCUT2D eigenvalue weighted by Gasteiger charge is -2.11. The lowest BCUT2D eigenvalue weighted by atomic mass is 10.1. The van der Waals surface area contributed by atoms with Crippen molar-refractivity contribution in [2.45, 2.75) is 12.6 Å². The molecule has 0 heterocycles. The van der Waals surface area contributed by atoms with Crippen LogP contribution in [0.15, 0.2) is 42.5 Å². The molecule has 0 saturated heterocycles. The van der Waals surface area contributed by atoms with Crippen molar-refractivity contribution >= 4 is 11.6 Å². The van der Waals surface area contributed by atoms with Gasteiger partial charge in [-0.1, -0.05) is 6.07 Å². The fourth-order valence-electron chi connectivity index (χ4n) is 2.40. The number of hydrogen-bond donors (Lipinski definition) is 2. The number of methoxy groups -OCH3 is 2. The first kappa shape index (κ1) is 20.4. The van der Waals surface area contributed by atoms with Crippen LogP contribution < -0.4 is 20.1 Å². The minimum atomic E-state index is -4.37. The maximum atomic E-state index is 12.5. The van der Waals surface area contributed by atoms with E-state index < -0.39 is 11.7 Å². The maximum absolute atomic E-state index is 12.5. The highest BCUT2D eigenvalue weighted by atomic mass is 19.4. The van der Waals surface area contributed by atoms with Gasteiger partial charge in [-0.25, -0.2) is 0 Å². The molecule has 0 spiro atoms. The molecule has 0 fully saturated rings. The van der Waals surface area contributed by atoms with E-state index in [4.69, 9.17) is 9.47 Å². The highest BCUT2D eigenvalue weighted by Crippen LogP contribution is 2.30. The molecule has 2 aromatic carbocycles. The van der Waals surface area contributed by atoms with Crippen molar-refractivity contribution < 1.29 is 27.4 Å². The van der Waals surface area contributed by atoms with Crippen LogP contribution in [0.1, 0.15) is 11.1 Å². The normalized spacial score (nSPS) is 11.0. The van der Waals surface area contributed by atoms with Crippen LogP contribution in [0.2, 0.25) is 0 Å². The van der Waals surface area contributed by atoms with Crippen molar-refractivity contribution in [2.24, 2.45) is 0 Å². The molecule has 2 aromatic rings. The number of carbonyl (C=O) groups is 1. The maximum Gasteiger partial charge on any atom is 0.416 e. The molecule has 0 radical (unpaired) electrons. The zero-order chi connectivity index (χ0) is 19.9. The van der Waals surface area contributed by atoms with Crippen LogP contribution >= 0.6 is 0 Å². The molecule has 5 nitrogen and oxygen atoms in total. The number of ether oxygens (including phenoxy) is 2. The van der Waals surface area contributed by atoms with Crippen molar-refractivity contribution in [1.82, 2.24) is 5.32 Å². The number of hydrogen-bond acceptors (Lipinski definition) is 4. The van der Waals surface area contributed by atoms with Gasteiger partial charge in [0.2, 0.25) is 5.91 Å². The minimum absolute atomic E-state index is 0.0305. The Kier molecular flexibility index (Phi) is 6.92. The third-order valence-electron chi connectivity index (χ3n) is 3.85. The van der Waals surface area contributed by atoms with E-state index in [1.54, 1.807) is 20.3 Å². The van der Waals surface area contributed by atoms with Gasteiger partial charge in [-0.15, -0.1) is 0 Å². The molecule has 0 bridgehead atoms. The number of nitrogens with one attached hydrogen (secondary N) is 2. The van der Waals surface area contributed by atoms with Crippen LogP contribution in [-0.4, -0.2) is 33.2 Å². The van der Waals surface area contributed by atoms with Crippen molar-refractivity contribution in [2.75, 3.05) is 32.6 Å². The molecule has 2 rings (SSSR count). The number of alkyl halides is 3. The summed E-state index contributed by atoms with van der Waals surface area (Å²) in [5, 5.41) is 5.54. The van der Waals surface area contributed by atoms with E-state index in [0.717, 1.165) is 17.7 Å². The van der Waals surface area contributed by atoms with Crippen LogP contribution in [0.25, 0.3) is 0 Å². The summed E-state index contributed by atoms with van der Waals surface area (Å²) in [6.07, 6.45) is -3.77. The van der Waals surface area contributed by atoms with Gasteiger partial charge in [-0.3, -0.25) is 4.79 Å². The zero-order valence-electron chi connectivity index (χ0n) is 15.0. The smallest absolute Gasteiger partial charge is 0.416 e. The molecule has 27 heavy (non-hydrogen) atoms. The van der Waals surface area contributed by atoms with Gasteiger partial charge in [0, 0.05) is 12.2 Å². The molecule has 1 amide bonds. The van der Waals surface area contributed by atoms with Gasteiger partial charge in [0.1, 0.15) is 0 Å². The van der Waals surface area contributed by atoms with E-state index >= 15 is 0 Å². The Bertz CT molecular complexity index is 762. The highest BCUT2D eigenvalue weighted by Gasteiger charge is 2.29. The number of carbonyl (C=O) groups excluding carboxylic acids is 1. The molecular formula is C19H21F3N2O3. The Morgan fingerprint density at radius 3 is 2.26 bits per heavy atom. The number of benzene rings is 2. The van der Waals surface area contributed by atoms with Crippen LogP contribution in [0, 0.1) is 0 Å². The van der Waals surface area contributed by atoms with Gasteiger partial charge >= 0.3 is 6.18 Å². The van der Waals surface area contributed by atoms with Crippen LogP contribution in [0.5, 0.6) is 11.5 Å².